The van der Waals surface area contributed by atoms with Gasteiger partial charge in [0.25, 0.3) is 0 Å². The molecule has 130 valence electrons. The number of piperidine rings is 1. The predicted octanol–water partition coefficient (Wildman–Crippen LogP) is 3.99. The molecule has 0 aromatic carbocycles. The third-order valence-electron chi connectivity index (χ3n) is 5.76. The first-order chi connectivity index (χ1) is 10.1. The number of nitrogens with two attached hydrogens (primary N) is 1. The molecule has 1 unspecified atom stereocenters. The maximum absolute atomic E-state index is 12.6. The van der Waals surface area contributed by atoms with Gasteiger partial charge in [-0.1, -0.05) is 26.2 Å². The summed E-state index contributed by atoms with van der Waals surface area (Å²) in [5, 5.41) is 0. The molecule has 1 heterocycles. The van der Waals surface area contributed by atoms with Crippen LogP contribution in [0.1, 0.15) is 71.6 Å². The molecule has 2 aliphatic rings. The van der Waals surface area contributed by atoms with Gasteiger partial charge in [-0.15, -0.1) is 12.4 Å². The second-order valence-corrected chi connectivity index (χ2v) is 7.38. The number of amides is 1. The van der Waals surface area contributed by atoms with E-state index in [1.807, 2.05) is 0 Å². The summed E-state index contributed by atoms with van der Waals surface area (Å²) in [5.74, 6) is 2.25. The van der Waals surface area contributed by atoms with Crippen LogP contribution in [0.4, 0.5) is 0 Å². The van der Waals surface area contributed by atoms with E-state index in [2.05, 4.69) is 18.7 Å². The molecule has 1 aliphatic carbocycles. The van der Waals surface area contributed by atoms with E-state index < -0.39 is 0 Å². The summed E-state index contributed by atoms with van der Waals surface area (Å²) in [6, 6.07) is 0.274. The third kappa shape index (κ3) is 5.42. The summed E-state index contributed by atoms with van der Waals surface area (Å²) in [5.41, 5.74) is 5.98. The molecule has 0 spiro atoms. The quantitative estimate of drug-likeness (QED) is 0.828. The highest BCUT2D eigenvalue weighted by Gasteiger charge is 2.31. The molecule has 0 radical (unpaired) electrons. The van der Waals surface area contributed by atoms with Crippen molar-refractivity contribution in [2.75, 3.05) is 13.1 Å². The lowest BCUT2D eigenvalue weighted by molar-refractivity contribution is -0.138. The molecule has 1 aliphatic heterocycles. The van der Waals surface area contributed by atoms with Gasteiger partial charge in [-0.3, -0.25) is 4.79 Å². The van der Waals surface area contributed by atoms with E-state index in [1.165, 1.54) is 32.1 Å². The van der Waals surface area contributed by atoms with Gasteiger partial charge >= 0.3 is 0 Å². The molecule has 1 amide bonds. The van der Waals surface area contributed by atoms with Crippen molar-refractivity contribution in [3.63, 3.8) is 0 Å². The Hall–Kier alpha value is -0.280. The summed E-state index contributed by atoms with van der Waals surface area (Å²) in [4.78, 5) is 14.8. The van der Waals surface area contributed by atoms with Gasteiger partial charge in [0.2, 0.25) is 5.91 Å². The highest BCUT2D eigenvalue weighted by molar-refractivity contribution is 5.85. The molecular weight excluding hydrogens is 296 g/mol. The standard InChI is InChI=1S/C18H34N2O.ClH/c1-3-4-5-15-6-8-17(9-7-15)18(21)20-12-10-16(11-13-20)14(2)19;/h14-17H,3-13,19H2,1-2H3;1H. The number of halogens is 1. The van der Waals surface area contributed by atoms with Crippen LogP contribution >= 0.6 is 12.4 Å². The summed E-state index contributed by atoms with van der Waals surface area (Å²) >= 11 is 0. The maximum atomic E-state index is 12.6. The molecule has 1 saturated carbocycles. The zero-order valence-corrected chi connectivity index (χ0v) is 15.2. The zero-order chi connectivity index (χ0) is 15.2. The Morgan fingerprint density at radius 3 is 2.23 bits per heavy atom. The normalized spacial score (nSPS) is 28.0. The molecule has 4 heteroatoms. The van der Waals surface area contributed by atoms with E-state index in [4.69, 9.17) is 5.73 Å². The second-order valence-electron chi connectivity index (χ2n) is 7.38. The Morgan fingerprint density at radius 1 is 1.14 bits per heavy atom. The molecule has 1 saturated heterocycles. The van der Waals surface area contributed by atoms with Crippen molar-refractivity contribution in [3.8, 4) is 0 Å². The molecule has 1 atom stereocenters. The smallest absolute Gasteiger partial charge is 0.225 e. The highest BCUT2D eigenvalue weighted by atomic mass is 35.5. The summed E-state index contributed by atoms with van der Waals surface area (Å²) in [7, 11) is 0. The minimum absolute atomic E-state index is 0. The minimum atomic E-state index is 0. The number of rotatable bonds is 5. The number of carbonyl (C=O) groups is 1. The largest absolute Gasteiger partial charge is 0.342 e. The first kappa shape index (κ1) is 19.8. The second kappa shape index (κ2) is 9.77. The van der Waals surface area contributed by atoms with Gasteiger partial charge in [0.05, 0.1) is 0 Å². The van der Waals surface area contributed by atoms with Crippen molar-refractivity contribution < 1.29 is 4.79 Å². The van der Waals surface area contributed by atoms with Crippen molar-refractivity contribution >= 4 is 18.3 Å². The van der Waals surface area contributed by atoms with Crippen LogP contribution in [0.5, 0.6) is 0 Å². The van der Waals surface area contributed by atoms with Crippen molar-refractivity contribution in [2.45, 2.75) is 77.7 Å². The molecular formula is C18H35ClN2O. The summed E-state index contributed by atoms with van der Waals surface area (Å²) in [6.45, 7) is 6.22. The van der Waals surface area contributed by atoms with Gasteiger partial charge in [-0.05, 0) is 57.3 Å². The average Bonchev–Trinajstić information content (AvgIpc) is 2.53. The first-order valence-corrected chi connectivity index (χ1v) is 9.16. The van der Waals surface area contributed by atoms with Crippen molar-refractivity contribution in [2.24, 2.45) is 23.5 Å². The third-order valence-corrected chi connectivity index (χ3v) is 5.76. The van der Waals surface area contributed by atoms with Gasteiger partial charge in [0.15, 0.2) is 0 Å². The van der Waals surface area contributed by atoms with E-state index >= 15 is 0 Å². The van der Waals surface area contributed by atoms with Crippen LogP contribution in [0.2, 0.25) is 0 Å². The van der Waals surface area contributed by atoms with E-state index in [0.717, 1.165) is 44.7 Å². The van der Waals surface area contributed by atoms with Crippen LogP contribution in [0.25, 0.3) is 0 Å². The monoisotopic (exact) mass is 330 g/mol. The number of hydrogen-bond donors (Lipinski definition) is 1. The van der Waals surface area contributed by atoms with Gasteiger partial charge < -0.3 is 10.6 Å². The molecule has 0 aromatic heterocycles. The van der Waals surface area contributed by atoms with E-state index in [9.17, 15) is 4.79 Å². The molecule has 3 nitrogen and oxygen atoms in total. The molecule has 22 heavy (non-hydrogen) atoms. The van der Waals surface area contributed by atoms with Gasteiger partial charge in [-0.25, -0.2) is 0 Å². The Balaban J connectivity index is 0.00000242. The molecule has 2 fully saturated rings. The topological polar surface area (TPSA) is 46.3 Å². The zero-order valence-electron chi connectivity index (χ0n) is 14.4. The Bertz CT molecular complexity index is 319. The number of nitrogens with zero attached hydrogens (tertiary/aromatic N) is 1. The van der Waals surface area contributed by atoms with E-state index in [-0.39, 0.29) is 18.4 Å². The fourth-order valence-corrected chi connectivity index (χ4v) is 4.09. The summed E-state index contributed by atoms with van der Waals surface area (Å²) < 4.78 is 0. The minimum Gasteiger partial charge on any atom is -0.342 e. The fraction of sp³-hybridized carbons (Fsp3) is 0.944. The highest BCUT2D eigenvalue weighted by Crippen LogP contribution is 2.33. The number of carbonyl (C=O) groups excluding carboxylic acids is 1. The Morgan fingerprint density at radius 2 is 1.73 bits per heavy atom. The summed E-state index contributed by atoms with van der Waals surface area (Å²) in [6.07, 6.45) is 11.0. The van der Waals surface area contributed by atoms with Gasteiger partial charge in [0.1, 0.15) is 0 Å². The average molecular weight is 331 g/mol. The molecule has 0 bridgehead atoms. The number of likely N-dealkylation sites (tertiary alicyclic amines) is 1. The van der Waals surface area contributed by atoms with Gasteiger partial charge in [-0.2, -0.15) is 0 Å². The number of hydrogen-bond acceptors (Lipinski definition) is 2. The SMILES string of the molecule is CCCCC1CCC(C(=O)N2CCC(C(C)N)CC2)CC1.Cl. The first-order valence-electron chi connectivity index (χ1n) is 9.16. The van der Waals surface area contributed by atoms with Crippen LogP contribution in [-0.4, -0.2) is 29.9 Å². The fourth-order valence-electron chi connectivity index (χ4n) is 4.09. The lowest BCUT2D eigenvalue weighted by atomic mass is 9.79. The van der Waals surface area contributed by atoms with Crippen LogP contribution in [-0.2, 0) is 4.79 Å². The van der Waals surface area contributed by atoms with Crippen LogP contribution in [0, 0.1) is 17.8 Å². The van der Waals surface area contributed by atoms with E-state index in [1.54, 1.807) is 0 Å². The maximum Gasteiger partial charge on any atom is 0.225 e. The lowest BCUT2D eigenvalue weighted by Gasteiger charge is -2.37. The van der Waals surface area contributed by atoms with Crippen LogP contribution < -0.4 is 5.73 Å². The van der Waals surface area contributed by atoms with E-state index in [0.29, 0.717) is 17.7 Å². The van der Waals surface area contributed by atoms with Gasteiger partial charge in [0, 0.05) is 25.0 Å². The van der Waals surface area contributed by atoms with Crippen LogP contribution in [0.15, 0.2) is 0 Å². The number of unbranched alkanes of at least 4 members (excludes halogenated alkanes) is 1. The van der Waals surface area contributed by atoms with Crippen LogP contribution in [0.3, 0.4) is 0 Å². The molecule has 0 aromatic rings. The van der Waals surface area contributed by atoms with Crippen molar-refractivity contribution in [1.82, 2.24) is 4.90 Å². The Labute approximate surface area is 142 Å². The van der Waals surface area contributed by atoms with Crippen molar-refractivity contribution in [1.29, 1.82) is 0 Å². The van der Waals surface area contributed by atoms with Crippen molar-refractivity contribution in [3.05, 3.63) is 0 Å². The Kier molecular flexibility index (Phi) is 8.78. The molecule has 2 rings (SSSR count). The molecule has 2 N–H and O–H groups in total. The predicted molar refractivity (Wildman–Crippen MR) is 95.2 cm³/mol. The lowest BCUT2D eigenvalue weighted by Crippen LogP contribution is -2.45.